The molecule has 1 amide bonds. The van der Waals surface area contributed by atoms with Gasteiger partial charge in [0.25, 0.3) is 0 Å². The SMILES string of the molecule is O=C(Cc1csc(-c2ccccn2)n1)NCc1ccc(C(F)(F)F)cc1. The first-order chi connectivity index (χ1) is 12.4. The van der Waals surface area contributed by atoms with Gasteiger partial charge in [0, 0.05) is 18.1 Å². The van der Waals surface area contributed by atoms with Crippen molar-refractivity contribution in [2.45, 2.75) is 19.1 Å². The van der Waals surface area contributed by atoms with Gasteiger partial charge in [0.05, 0.1) is 23.4 Å². The molecule has 0 atom stereocenters. The van der Waals surface area contributed by atoms with Crippen LogP contribution in [0.25, 0.3) is 10.7 Å². The molecule has 8 heteroatoms. The molecule has 4 nitrogen and oxygen atoms in total. The molecule has 3 rings (SSSR count). The van der Waals surface area contributed by atoms with Crippen LogP contribution in [0, 0.1) is 0 Å². The topological polar surface area (TPSA) is 54.9 Å². The maximum absolute atomic E-state index is 12.5. The van der Waals surface area contributed by atoms with E-state index in [0.717, 1.165) is 22.8 Å². The van der Waals surface area contributed by atoms with Crippen molar-refractivity contribution in [2.75, 3.05) is 0 Å². The minimum absolute atomic E-state index is 0.101. The average molecular weight is 377 g/mol. The number of halogens is 3. The summed E-state index contributed by atoms with van der Waals surface area (Å²) in [6, 6.07) is 10.2. The first kappa shape index (κ1) is 18.1. The second kappa shape index (κ2) is 7.65. The fourth-order valence-corrected chi connectivity index (χ4v) is 3.03. The Kier molecular flexibility index (Phi) is 5.32. The second-order valence-corrected chi connectivity index (χ2v) is 6.37. The lowest BCUT2D eigenvalue weighted by molar-refractivity contribution is -0.137. The van der Waals surface area contributed by atoms with E-state index in [1.807, 2.05) is 18.2 Å². The van der Waals surface area contributed by atoms with Crippen LogP contribution < -0.4 is 5.32 Å². The zero-order valence-corrected chi connectivity index (χ0v) is 14.3. The van der Waals surface area contributed by atoms with E-state index < -0.39 is 11.7 Å². The summed E-state index contributed by atoms with van der Waals surface area (Å²) in [6.45, 7) is 0.161. The highest BCUT2D eigenvalue weighted by atomic mass is 32.1. The Morgan fingerprint density at radius 1 is 1.12 bits per heavy atom. The molecule has 0 spiro atoms. The molecule has 0 radical (unpaired) electrons. The summed E-state index contributed by atoms with van der Waals surface area (Å²) in [6.07, 6.45) is -2.59. The quantitative estimate of drug-likeness (QED) is 0.729. The highest BCUT2D eigenvalue weighted by molar-refractivity contribution is 7.13. The van der Waals surface area contributed by atoms with Crippen molar-refractivity contribution in [1.29, 1.82) is 0 Å². The normalized spacial score (nSPS) is 11.3. The van der Waals surface area contributed by atoms with Gasteiger partial charge in [-0.05, 0) is 29.8 Å². The Morgan fingerprint density at radius 3 is 2.54 bits per heavy atom. The van der Waals surface area contributed by atoms with Crippen molar-refractivity contribution in [3.05, 3.63) is 70.9 Å². The van der Waals surface area contributed by atoms with E-state index in [2.05, 4.69) is 15.3 Å². The third-order valence-corrected chi connectivity index (χ3v) is 4.46. The van der Waals surface area contributed by atoms with Crippen molar-refractivity contribution in [3.8, 4) is 10.7 Å². The van der Waals surface area contributed by atoms with Crippen LogP contribution in [0.5, 0.6) is 0 Å². The number of thiazole rings is 1. The lowest BCUT2D eigenvalue weighted by Gasteiger charge is -2.08. The van der Waals surface area contributed by atoms with E-state index >= 15 is 0 Å². The highest BCUT2D eigenvalue weighted by Gasteiger charge is 2.29. The standard InChI is InChI=1S/C18H14F3N3OS/c19-18(20,21)13-6-4-12(5-7-13)10-23-16(25)9-14-11-26-17(24-14)15-3-1-2-8-22-15/h1-8,11H,9-10H2,(H,23,25). The van der Waals surface area contributed by atoms with Gasteiger partial charge in [-0.1, -0.05) is 18.2 Å². The van der Waals surface area contributed by atoms with E-state index in [1.165, 1.54) is 23.5 Å². The van der Waals surface area contributed by atoms with Crippen molar-refractivity contribution >= 4 is 17.2 Å². The highest BCUT2D eigenvalue weighted by Crippen LogP contribution is 2.29. The Morgan fingerprint density at radius 2 is 1.88 bits per heavy atom. The van der Waals surface area contributed by atoms with Crippen LogP contribution >= 0.6 is 11.3 Å². The van der Waals surface area contributed by atoms with Gasteiger partial charge in [-0.2, -0.15) is 13.2 Å². The van der Waals surface area contributed by atoms with Crippen molar-refractivity contribution in [2.24, 2.45) is 0 Å². The molecule has 0 aliphatic carbocycles. The lowest BCUT2D eigenvalue weighted by atomic mass is 10.1. The largest absolute Gasteiger partial charge is 0.416 e. The number of hydrogen-bond donors (Lipinski definition) is 1. The summed E-state index contributed by atoms with van der Waals surface area (Å²) >= 11 is 1.40. The van der Waals surface area contributed by atoms with Gasteiger partial charge in [-0.15, -0.1) is 11.3 Å². The van der Waals surface area contributed by atoms with Gasteiger partial charge in [0.1, 0.15) is 5.01 Å². The Hall–Kier alpha value is -2.74. The summed E-state index contributed by atoms with van der Waals surface area (Å²) in [5, 5.41) is 5.21. The Bertz CT molecular complexity index is 877. The monoisotopic (exact) mass is 377 g/mol. The van der Waals surface area contributed by atoms with Gasteiger partial charge in [0.15, 0.2) is 0 Å². The van der Waals surface area contributed by atoms with E-state index in [0.29, 0.717) is 11.3 Å². The van der Waals surface area contributed by atoms with Gasteiger partial charge in [-0.3, -0.25) is 9.78 Å². The predicted octanol–water partition coefficient (Wildman–Crippen LogP) is 4.08. The van der Waals surface area contributed by atoms with Crippen LogP contribution in [0.4, 0.5) is 13.2 Å². The maximum atomic E-state index is 12.5. The summed E-state index contributed by atoms with van der Waals surface area (Å²) < 4.78 is 37.6. The van der Waals surface area contributed by atoms with Gasteiger partial charge >= 0.3 is 6.18 Å². The molecule has 2 heterocycles. The number of aromatic nitrogens is 2. The van der Waals surface area contributed by atoms with Gasteiger partial charge < -0.3 is 5.32 Å². The zero-order chi connectivity index (χ0) is 18.6. The molecule has 1 N–H and O–H groups in total. The third kappa shape index (κ3) is 4.66. The van der Waals surface area contributed by atoms with Crippen LogP contribution in [0.15, 0.2) is 54.0 Å². The molecule has 0 saturated carbocycles. The zero-order valence-electron chi connectivity index (χ0n) is 13.5. The Balaban J connectivity index is 1.54. The molecule has 0 aliphatic rings. The fraction of sp³-hybridized carbons (Fsp3) is 0.167. The number of nitrogens with zero attached hydrogens (tertiary/aromatic N) is 2. The number of pyridine rings is 1. The second-order valence-electron chi connectivity index (χ2n) is 5.51. The number of nitrogens with one attached hydrogen (secondary N) is 1. The number of benzene rings is 1. The van der Waals surface area contributed by atoms with Crippen LogP contribution in [0.2, 0.25) is 0 Å². The molecule has 0 bridgehead atoms. The van der Waals surface area contributed by atoms with Gasteiger partial charge in [-0.25, -0.2) is 4.98 Å². The number of rotatable bonds is 5. The lowest BCUT2D eigenvalue weighted by Crippen LogP contribution is -2.24. The average Bonchev–Trinajstić information content (AvgIpc) is 3.09. The number of carbonyl (C=O) groups excluding carboxylic acids is 1. The molecule has 0 saturated heterocycles. The summed E-state index contributed by atoms with van der Waals surface area (Å²) in [7, 11) is 0. The molecular formula is C18H14F3N3OS. The molecule has 2 aromatic heterocycles. The molecule has 0 aliphatic heterocycles. The molecule has 1 aromatic carbocycles. The van der Waals surface area contributed by atoms with E-state index in [-0.39, 0.29) is 18.9 Å². The number of amides is 1. The Labute approximate surface area is 151 Å². The van der Waals surface area contributed by atoms with E-state index in [1.54, 1.807) is 11.6 Å². The van der Waals surface area contributed by atoms with Crippen LogP contribution in [0.1, 0.15) is 16.8 Å². The first-order valence-electron chi connectivity index (χ1n) is 7.70. The van der Waals surface area contributed by atoms with E-state index in [9.17, 15) is 18.0 Å². The number of hydrogen-bond acceptors (Lipinski definition) is 4. The smallest absolute Gasteiger partial charge is 0.352 e. The molecule has 0 fully saturated rings. The van der Waals surface area contributed by atoms with E-state index in [4.69, 9.17) is 0 Å². The third-order valence-electron chi connectivity index (χ3n) is 3.55. The number of alkyl halides is 3. The van der Waals surface area contributed by atoms with Crippen LogP contribution in [-0.2, 0) is 23.9 Å². The molecule has 134 valence electrons. The maximum Gasteiger partial charge on any atom is 0.416 e. The number of carbonyl (C=O) groups is 1. The predicted molar refractivity (Wildman–Crippen MR) is 92.3 cm³/mol. The van der Waals surface area contributed by atoms with Crippen molar-refractivity contribution in [1.82, 2.24) is 15.3 Å². The minimum Gasteiger partial charge on any atom is -0.352 e. The van der Waals surface area contributed by atoms with Gasteiger partial charge in [0.2, 0.25) is 5.91 Å². The van der Waals surface area contributed by atoms with Crippen molar-refractivity contribution in [3.63, 3.8) is 0 Å². The summed E-state index contributed by atoms with van der Waals surface area (Å²) in [5.74, 6) is -0.247. The molecule has 0 unspecified atom stereocenters. The first-order valence-corrected chi connectivity index (χ1v) is 8.58. The summed E-state index contributed by atoms with van der Waals surface area (Å²) in [5.41, 5.74) is 1.25. The molecular weight excluding hydrogens is 363 g/mol. The van der Waals surface area contributed by atoms with Crippen LogP contribution in [-0.4, -0.2) is 15.9 Å². The minimum atomic E-state index is -4.36. The fourth-order valence-electron chi connectivity index (χ4n) is 2.23. The summed E-state index contributed by atoms with van der Waals surface area (Å²) in [4.78, 5) is 20.6. The molecule has 3 aromatic rings. The van der Waals surface area contributed by atoms with Crippen molar-refractivity contribution < 1.29 is 18.0 Å². The molecule has 26 heavy (non-hydrogen) atoms. The van der Waals surface area contributed by atoms with Crippen LogP contribution in [0.3, 0.4) is 0 Å².